The molecule has 0 unspecified atom stereocenters. The van der Waals surface area contributed by atoms with Gasteiger partial charge in [-0.3, -0.25) is 5.32 Å². The zero-order chi connectivity index (χ0) is 9.84. The lowest BCUT2D eigenvalue weighted by atomic mass is 10.1. The third-order valence-electron chi connectivity index (χ3n) is 1.62. The summed E-state index contributed by atoms with van der Waals surface area (Å²) in [6.07, 6.45) is -1.70. The van der Waals surface area contributed by atoms with Crippen molar-refractivity contribution in [3.63, 3.8) is 0 Å². The van der Waals surface area contributed by atoms with E-state index >= 15 is 0 Å². The lowest BCUT2D eigenvalue weighted by Crippen LogP contribution is -2.07. The molecule has 0 bridgehead atoms. The third kappa shape index (κ3) is 2.76. The zero-order valence-corrected chi connectivity index (χ0v) is 7.19. The van der Waals surface area contributed by atoms with Gasteiger partial charge in [-0.05, 0) is 24.6 Å². The fourth-order valence-electron chi connectivity index (χ4n) is 1.000. The number of anilines is 1. The molecule has 1 atom stereocenters. The van der Waals surface area contributed by atoms with E-state index < -0.39 is 12.2 Å². The maximum Gasteiger partial charge on any atom is 0.409 e. The fourth-order valence-corrected chi connectivity index (χ4v) is 1.000. The first-order valence-corrected chi connectivity index (χ1v) is 3.87. The van der Waals surface area contributed by atoms with Crippen LogP contribution in [0.3, 0.4) is 0 Å². The molecule has 1 rings (SSSR count). The number of rotatable bonds is 2. The Kier molecular flexibility index (Phi) is 2.87. The first-order valence-electron chi connectivity index (χ1n) is 3.87. The Morgan fingerprint density at radius 3 is 2.77 bits per heavy atom. The van der Waals surface area contributed by atoms with Gasteiger partial charge >= 0.3 is 6.09 Å². The molecule has 0 saturated heterocycles. The molecule has 4 heteroatoms. The second-order valence-corrected chi connectivity index (χ2v) is 2.73. The molecular formula is C9H11NO3. The van der Waals surface area contributed by atoms with Crippen molar-refractivity contribution in [1.82, 2.24) is 0 Å². The molecule has 1 aromatic carbocycles. The van der Waals surface area contributed by atoms with Gasteiger partial charge in [-0.1, -0.05) is 12.1 Å². The van der Waals surface area contributed by atoms with Crippen LogP contribution in [0.2, 0.25) is 0 Å². The number of benzene rings is 1. The van der Waals surface area contributed by atoms with Crippen molar-refractivity contribution in [3.8, 4) is 0 Å². The third-order valence-corrected chi connectivity index (χ3v) is 1.62. The van der Waals surface area contributed by atoms with Gasteiger partial charge in [0.2, 0.25) is 0 Å². The average molecular weight is 181 g/mol. The molecular weight excluding hydrogens is 170 g/mol. The molecule has 0 spiro atoms. The molecule has 1 amide bonds. The van der Waals surface area contributed by atoms with Crippen LogP contribution >= 0.6 is 0 Å². The van der Waals surface area contributed by atoms with Gasteiger partial charge in [-0.2, -0.15) is 0 Å². The molecule has 0 aliphatic heterocycles. The Morgan fingerprint density at radius 2 is 2.23 bits per heavy atom. The van der Waals surface area contributed by atoms with Crippen molar-refractivity contribution in [2.75, 3.05) is 5.32 Å². The smallest absolute Gasteiger partial charge is 0.409 e. The van der Waals surface area contributed by atoms with Crippen LogP contribution in [0.5, 0.6) is 0 Å². The summed E-state index contributed by atoms with van der Waals surface area (Å²) in [5.41, 5.74) is 1.15. The van der Waals surface area contributed by atoms with Gasteiger partial charge in [-0.15, -0.1) is 0 Å². The van der Waals surface area contributed by atoms with Gasteiger partial charge in [0.05, 0.1) is 6.10 Å². The van der Waals surface area contributed by atoms with Crippen LogP contribution in [0.15, 0.2) is 24.3 Å². The first kappa shape index (κ1) is 9.54. The highest BCUT2D eigenvalue weighted by molar-refractivity contribution is 5.82. The summed E-state index contributed by atoms with van der Waals surface area (Å²) in [6.45, 7) is 1.62. The maximum atomic E-state index is 10.3. The lowest BCUT2D eigenvalue weighted by molar-refractivity contribution is 0.199. The van der Waals surface area contributed by atoms with Crippen LogP contribution in [-0.4, -0.2) is 16.3 Å². The molecule has 0 aliphatic carbocycles. The van der Waals surface area contributed by atoms with Crippen molar-refractivity contribution >= 4 is 11.8 Å². The minimum atomic E-state index is -1.11. The first-order chi connectivity index (χ1) is 6.09. The topological polar surface area (TPSA) is 69.6 Å². The summed E-state index contributed by atoms with van der Waals surface area (Å²) in [7, 11) is 0. The molecule has 13 heavy (non-hydrogen) atoms. The second-order valence-electron chi connectivity index (χ2n) is 2.73. The van der Waals surface area contributed by atoms with Crippen molar-refractivity contribution in [2.45, 2.75) is 13.0 Å². The molecule has 0 saturated carbocycles. The fraction of sp³-hybridized carbons (Fsp3) is 0.222. The van der Waals surface area contributed by atoms with Crippen molar-refractivity contribution in [2.24, 2.45) is 0 Å². The Balaban J connectivity index is 2.85. The summed E-state index contributed by atoms with van der Waals surface area (Å²) >= 11 is 0. The SMILES string of the molecule is C[C@@H](O)c1cccc(NC(=O)O)c1. The van der Waals surface area contributed by atoms with Crippen molar-refractivity contribution in [1.29, 1.82) is 0 Å². The number of aliphatic hydroxyl groups is 1. The van der Waals surface area contributed by atoms with Crippen LogP contribution < -0.4 is 5.32 Å². The van der Waals surface area contributed by atoms with E-state index in [9.17, 15) is 9.90 Å². The summed E-state index contributed by atoms with van der Waals surface area (Å²) < 4.78 is 0. The molecule has 3 N–H and O–H groups in total. The molecule has 70 valence electrons. The highest BCUT2D eigenvalue weighted by Gasteiger charge is 2.02. The highest BCUT2D eigenvalue weighted by Crippen LogP contribution is 2.16. The van der Waals surface area contributed by atoms with Crippen molar-refractivity contribution < 1.29 is 15.0 Å². The monoisotopic (exact) mass is 181 g/mol. The average Bonchev–Trinajstić information content (AvgIpc) is 2.03. The second kappa shape index (κ2) is 3.91. The summed E-state index contributed by atoms with van der Waals surface area (Å²) in [6, 6.07) is 6.64. The highest BCUT2D eigenvalue weighted by atomic mass is 16.4. The Bertz CT molecular complexity index is 309. The largest absolute Gasteiger partial charge is 0.465 e. The van der Waals surface area contributed by atoms with Gasteiger partial charge < -0.3 is 10.2 Å². The van der Waals surface area contributed by atoms with Gasteiger partial charge in [0.15, 0.2) is 0 Å². The molecule has 4 nitrogen and oxygen atoms in total. The van der Waals surface area contributed by atoms with E-state index in [1.54, 1.807) is 31.2 Å². The summed E-state index contributed by atoms with van der Waals surface area (Å²) in [5.74, 6) is 0. The van der Waals surface area contributed by atoms with Gasteiger partial charge in [0.1, 0.15) is 0 Å². The number of amides is 1. The van der Waals surface area contributed by atoms with E-state index in [4.69, 9.17) is 5.11 Å². The van der Waals surface area contributed by atoms with Crippen LogP contribution in [0.4, 0.5) is 10.5 Å². The number of nitrogens with one attached hydrogen (secondary N) is 1. The minimum absolute atomic E-state index is 0.464. The van der Waals surface area contributed by atoms with Gasteiger partial charge in [-0.25, -0.2) is 4.79 Å². The number of hydrogen-bond donors (Lipinski definition) is 3. The van der Waals surface area contributed by atoms with Crippen LogP contribution in [0.1, 0.15) is 18.6 Å². The molecule has 1 aromatic rings. The molecule has 0 fully saturated rings. The van der Waals surface area contributed by atoms with Crippen LogP contribution in [-0.2, 0) is 0 Å². The van der Waals surface area contributed by atoms with E-state index in [1.165, 1.54) is 0 Å². The number of hydrogen-bond acceptors (Lipinski definition) is 2. The Labute approximate surface area is 75.8 Å². The number of carbonyl (C=O) groups is 1. The molecule has 0 aromatic heterocycles. The quantitative estimate of drug-likeness (QED) is 0.651. The maximum absolute atomic E-state index is 10.3. The minimum Gasteiger partial charge on any atom is -0.465 e. The van der Waals surface area contributed by atoms with Crippen LogP contribution in [0, 0.1) is 0 Å². The predicted molar refractivity (Wildman–Crippen MR) is 48.7 cm³/mol. The zero-order valence-electron chi connectivity index (χ0n) is 7.19. The van der Waals surface area contributed by atoms with E-state index in [-0.39, 0.29) is 0 Å². The standard InChI is InChI=1S/C9H11NO3/c1-6(11)7-3-2-4-8(5-7)10-9(12)13/h2-6,10-11H,1H3,(H,12,13)/t6-/m1/s1. The Morgan fingerprint density at radius 1 is 1.54 bits per heavy atom. The van der Waals surface area contributed by atoms with E-state index in [2.05, 4.69) is 5.32 Å². The normalized spacial score (nSPS) is 12.2. The van der Waals surface area contributed by atoms with Crippen LogP contribution in [0.25, 0.3) is 0 Å². The molecule has 0 heterocycles. The number of aliphatic hydroxyl groups excluding tert-OH is 1. The van der Waals surface area contributed by atoms with E-state index in [1.807, 2.05) is 0 Å². The summed E-state index contributed by atoms with van der Waals surface area (Å²) in [4.78, 5) is 10.3. The number of carboxylic acid groups (broad SMARTS) is 1. The van der Waals surface area contributed by atoms with E-state index in [0.29, 0.717) is 11.3 Å². The summed E-state index contributed by atoms with van der Waals surface area (Å²) in [5, 5.41) is 19.8. The van der Waals surface area contributed by atoms with Gasteiger partial charge in [0, 0.05) is 5.69 Å². The van der Waals surface area contributed by atoms with Gasteiger partial charge in [0.25, 0.3) is 0 Å². The molecule has 0 radical (unpaired) electrons. The van der Waals surface area contributed by atoms with Crippen molar-refractivity contribution in [3.05, 3.63) is 29.8 Å². The molecule has 0 aliphatic rings. The van der Waals surface area contributed by atoms with E-state index in [0.717, 1.165) is 0 Å². The predicted octanol–water partition coefficient (Wildman–Crippen LogP) is 1.83. The Hall–Kier alpha value is -1.55. The lowest BCUT2D eigenvalue weighted by Gasteiger charge is -2.06.